The summed E-state index contributed by atoms with van der Waals surface area (Å²) in [7, 11) is 1.67. The van der Waals surface area contributed by atoms with Gasteiger partial charge in [-0.2, -0.15) is 5.10 Å². The number of aromatic nitrogens is 2. The van der Waals surface area contributed by atoms with Crippen LogP contribution >= 0.6 is 0 Å². The third kappa shape index (κ3) is 1.52. The van der Waals surface area contributed by atoms with Gasteiger partial charge in [0.2, 0.25) is 0 Å². The zero-order valence-electron chi connectivity index (χ0n) is 9.66. The summed E-state index contributed by atoms with van der Waals surface area (Å²) in [5, 5.41) is 6.67. The van der Waals surface area contributed by atoms with Gasteiger partial charge in [0.15, 0.2) is 0 Å². The molecule has 3 N–H and O–H groups in total. The van der Waals surface area contributed by atoms with Crippen LogP contribution in [0.15, 0.2) is 18.3 Å². The van der Waals surface area contributed by atoms with Crippen molar-refractivity contribution in [2.24, 2.45) is 0 Å². The van der Waals surface area contributed by atoms with Crippen LogP contribution in [0.4, 0.5) is 5.82 Å². The maximum Gasteiger partial charge on any atom is 0.126 e. The number of hydrogen-bond acceptors (Lipinski definition) is 3. The number of H-pyrrole nitrogens is 1. The average molecular weight is 217 g/mol. The first kappa shape index (κ1) is 10.5. The first-order chi connectivity index (χ1) is 7.65. The summed E-state index contributed by atoms with van der Waals surface area (Å²) < 4.78 is 5.27. The molecule has 0 saturated heterocycles. The predicted molar refractivity (Wildman–Crippen MR) is 64.5 cm³/mol. The molecule has 0 atom stereocenters. The van der Waals surface area contributed by atoms with Gasteiger partial charge in [-0.3, -0.25) is 5.10 Å². The fourth-order valence-corrected chi connectivity index (χ4v) is 1.82. The first-order valence-corrected chi connectivity index (χ1v) is 5.08. The van der Waals surface area contributed by atoms with Crippen molar-refractivity contribution in [2.45, 2.75) is 13.8 Å². The molecule has 0 unspecified atom stereocenters. The van der Waals surface area contributed by atoms with E-state index in [1.807, 2.05) is 19.1 Å². The molecule has 16 heavy (non-hydrogen) atoms. The van der Waals surface area contributed by atoms with Crippen LogP contribution in [0.3, 0.4) is 0 Å². The minimum atomic E-state index is 0.590. The predicted octanol–water partition coefficient (Wildman–Crippen LogP) is 2.28. The minimum absolute atomic E-state index is 0.590. The second-order valence-electron chi connectivity index (χ2n) is 3.76. The van der Waals surface area contributed by atoms with E-state index < -0.39 is 0 Å². The van der Waals surface area contributed by atoms with E-state index in [9.17, 15) is 0 Å². The summed E-state index contributed by atoms with van der Waals surface area (Å²) in [4.78, 5) is 0. The van der Waals surface area contributed by atoms with Crippen molar-refractivity contribution >= 4 is 5.82 Å². The molecule has 4 heteroatoms. The van der Waals surface area contributed by atoms with Crippen LogP contribution in [0.1, 0.15) is 11.1 Å². The van der Waals surface area contributed by atoms with E-state index in [-0.39, 0.29) is 0 Å². The Bertz CT molecular complexity index is 517. The Kier molecular flexibility index (Phi) is 2.56. The number of ether oxygens (including phenoxy) is 1. The Morgan fingerprint density at radius 3 is 2.50 bits per heavy atom. The number of benzene rings is 1. The van der Waals surface area contributed by atoms with E-state index in [1.165, 1.54) is 0 Å². The molecular formula is C12H15N3O. The molecule has 0 aliphatic heterocycles. The lowest BCUT2D eigenvalue weighted by Crippen LogP contribution is -1.94. The fraction of sp³-hybridized carbons (Fsp3) is 0.250. The Morgan fingerprint density at radius 2 is 1.94 bits per heavy atom. The zero-order valence-corrected chi connectivity index (χ0v) is 9.66. The van der Waals surface area contributed by atoms with Crippen LogP contribution in [0, 0.1) is 13.8 Å². The van der Waals surface area contributed by atoms with Crippen molar-refractivity contribution in [2.75, 3.05) is 12.8 Å². The van der Waals surface area contributed by atoms with Crippen molar-refractivity contribution in [3.05, 3.63) is 29.5 Å². The van der Waals surface area contributed by atoms with Gasteiger partial charge in [0.05, 0.1) is 13.3 Å². The lowest BCUT2D eigenvalue weighted by Gasteiger charge is -2.11. The smallest absolute Gasteiger partial charge is 0.126 e. The molecule has 0 radical (unpaired) electrons. The van der Waals surface area contributed by atoms with Crippen molar-refractivity contribution in [3.8, 4) is 16.9 Å². The summed E-state index contributed by atoms with van der Waals surface area (Å²) in [5.41, 5.74) is 10.1. The standard InChI is InChI=1S/C12H15N3O/c1-7-8(2)11(16-3)5-4-9(7)10-6-14-15-12(10)13/h4-6H,1-3H3,(H3,13,14,15). The molecular weight excluding hydrogens is 202 g/mol. The normalized spacial score (nSPS) is 10.4. The molecule has 0 spiro atoms. The summed E-state index contributed by atoms with van der Waals surface area (Å²) >= 11 is 0. The fourth-order valence-electron chi connectivity index (χ4n) is 1.82. The molecule has 0 aliphatic rings. The molecule has 1 heterocycles. The highest BCUT2D eigenvalue weighted by Crippen LogP contribution is 2.32. The molecule has 84 valence electrons. The van der Waals surface area contributed by atoms with Gasteiger partial charge in [0, 0.05) is 5.56 Å². The topological polar surface area (TPSA) is 63.9 Å². The first-order valence-electron chi connectivity index (χ1n) is 5.08. The molecule has 0 fully saturated rings. The van der Waals surface area contributed by atoms with Crippen molar-refractivity contribution in [3.63, 3.8) is 0 Å². The van der Waals surface area contributed by atoms with E-state index in [0.717, 1.165) is 28.0 Å². The van der Waals surface area contributed by atoms with E-state index in [4.69, 9.17) is 10.5 Å². The van der Waals surface area contributed by atoms with Crippen LogP contribution in [0.5, 0.6) is 5.75 Å². The SMILES string of the molecule is COc1ccc(-c2cn[nH]c2N)c(C)c1C. The number of nitrogens with zero attached hydrogens (tertiary/aromatic N) is 1. The molecule has 4 nitrogen and oxygen atoms in total. The second kappa shape index (κ2) is 3.89. The van der Waals surface area contributed by atoms with Crippen LogP contribution in [-0.2, 0) is 0 Å². The van der Waals surface area contributed by atoms with Gasteiger partial charge in [0.25, 0.3) is 0 Å². The molecule has 0 saturated carbocycles. The Morgan fingerprint density at radius 1 is 1.19 bits per heavy atom. The summed E-state index contributed by atoms with van der Waals surface area (Å²) in [5.74, 6) is 1.48. The molecule has 2 aromatic rings. The summed E-state index contributed by atoms with van der Waals surface area (Å²) in [6.07, 6.45) is 1.74. The Balaban J connectivity index is 2.60. The van der Waals surface area contributed by atoms with Gasteiger partial charge in [0.1, 0.15) is 11.6 Å². The van der Waals surface area contributed by atoms with Gasteiger partial charge in [-0.05, 0) is 36.6 Å². The summed E-state index contributed by atoms with van der Waals surface area (Å²) in [6, 6.07) is 3.95. The minimum Gasteiger partial charge on any atom is -0.496 e. The van der Waals surface area contributed by atoms with Crippen molar-refractivity contribution in [1.29, 1.82) is 0 Å². The molecule has 1 aromatic carbocycles. The average Bonchev–Trinajstić information content (AvgIpc) is 2.69. The highest BCUT2D eigenvalue weighted by Gasteiger charge is 2.11. The van der Waals surface area contributed by atoms with Crippen LogP contribution in [0.2, 0.25) is 0 Å². The van der Waals surface area contributed by atoms with E-state index in [2.05, 4.69) is 17.1 Å². The van der Waals surface area contributed by atoms with E-state index >= 15 is 0 Å². The third-order valence-corrected chi connectivity index (χ3v) is 2.92. The molecule has 2 rings (SSSR count). The van der Waals surface area contributed by atoms with Gasteiger partial charge >= 0.3 is 0 Å². The van der Waals surface area contributed by atoms with Crippen molar-refractivity contribution in [1.82, 2.24) is 10.2 Å². The Hall–Kier alpha value is -1.97. The van der Waals surface area contributed by atoms with Gasteiger partial charge in [-0.1, -0.05) is 6.07 Å². The number of anilines is 1. The molecule has 0 bridgehead atoms. The van der Waals surface area contributed by atoms with E-state index in [0.29, 0.717) is 5.82 Å². The number of aromatic amines is 1. The maximum absolute atomic E-state index is 5.81. The van der Waals surface area contributed by atoms with E-state index in [1.54, 1.807) is 13.3 Å². The number of hydrogen-bond donors (Lipinski definition) is 2. The van der Waals surface area contributed by atoms with Crippen LogP contribution in [-0.4, -0.2) is 17.3 Å². The molecule has 0 aliphatic carbocycles. The largest absolute Gasteiger partial charge is 0.496 e. The van der Waals surface area contributed by atoms with Crippen molar-refractivity contribution < 1.29 is 4.74 Å². The van der Waals surface area contributed by atoms with Gasteiger partial charge in [-0.25, -0.2) is 0 Å². The lowest BCUT2D eigenvalue weighted by molar-refractivity contribution is 0.411. The number of nitrogens with one attached hydrogen (secondary N) is 1. The number of rotatable bonds is 2. The number of nitrogens with two attached hydrogens (primary N) is 1. The molecule has 1 aromatic heterocycles. The lowest BCUT2D eigenvalue weighted by atomic mass is 9.98. The number of methoxy groups -OCH3 is 1. The monoisotopic (exact) mass is 217 g/mol. The van der Waals surface area contributed by atoms with Crippen LogP contribution in [0.25, 0.3) is 11.1 Å². The zero-order chi connectivity index (χ0) is 11.7. The maximum atomic E-state index is 5.81. The summed E-state index contributed by atoms with van der Waals surface area (Å²) in [6.45, 7) is 4.09. The van der Waals surface area contributed by atoms with Gasteiger partial charge < -0.3 is 10.5 Å². The quantitative estimate of drug-likeness (QED) is 0.811. The highest BCUT2D eigenvalue weighted by molar-refractivity contribution is 5.77. The Labute approximate surface area is 94.4 Å². The highest BCUT2D eigenvalue weighted by atomic mass is 16.5. The molecule has 0 amide bonds. The number of nitrogen functional groups attached to an aromatic ring is 1. The second-order valence-corrected chi connectivity index (χ2v) is 3.76. The van der Waals surface area contributed by atoms with Gasteiger partial charge in [-0.15, -0.1) is 0 Å². The third-order valence-electron chi connectivity index (χ3n) is 2.92. The van der Waals surface area contributed by atoms with Crippen LogP contribution < -0.4 is 10.5 Å².